The number of carbonyl (C=O) groups is 1. The van der Waals surface area contributed by atoms with Gasteiger partial charge in [-0.1, -0.05) is 57.2 Å². The summed E-state index contributed by atoms with van der Waals surface area (Å²) in [5.74, 6) is -0.0433. The van der Waals surface area contributed by atoms with Crippen LogP contribution in [-0.2, 0) is 9.53 Å². The maximum Gasteiger partial charge on any atom is 0.305 e. The second-order valence-electron chi connectivity index (χ2n) is 9.12. The summed E-state index contributed by atoms with van der Waals surface area (Å²) in [6.07, 6.45) is 6.58. The molecule has 1 aliphatic carbocycles. The fourth-order valence-corrected chi connectivity index (χ4v) is 4.51. The van der Waals surface area contributed by atoms with Crippen LogP contribution in [0.1, 0.15) is 76.0 Å². The largest absolute Gasteiger partial charge is 0.469 e. The Morgan fingerprint density at radius 3 is 2.52 bits per heavy atom. The Morgan fingerprint density at radius 1 is 1.28 bits per heavy atom. The Morgan fingerprint density at radius 2 is 1.93 bits per heavy atom. The highest BCUT2D eigenvalue weighted by Crippen LogP contribution is 2.45. The molecule has 5 atom stereocenters. The third kappa shape index (κ3) is 6.56. The van der Waals surface area contributed by atoms with Crippen molar-refractivity contribution in [2.24, 2.45) is 11.3 Å². The number of allylic oxidation sites excluding steroid dienone is 2. The number of alkyl halides is 1. The van der Waals surface area contributed by atoms with Crippen molar-refractivity contribution in [3.05, 3.63) is 47.5 Å². The zero-order valence-electron chi connectivity index (χ0n) is 18.0. The Balaban J connectivity index is 2.01. The molecule has 29 heavy (non-hydrogen) atoms. The summed E-state index contributed by atoms with van der Waals surface area (Å²) >= 11 is 6.56. The van der Waals surface area contributed by atoms with E-state index in [0.29, 0.717) is 12.8 Å². The number of rotatable bonds is 8. The molecule has 5 heteroatoms. The van der Waals surface area contributed by atoms with Gasteiger partial charge in [0.15, 0.2) is 0 Å². The summed E-state index contributed by atoms with van der Waals surface area (Å²) < 4.78 is 4.64. The minimum absolute atomic E-state index is 0.0157. The van der Waals surface area contributed by atoms with Crippen LogP contribution in [0.2, 0.25) is 0 Å². The van der Waals surface area contributed by atoms with Gasteiger partial charge >= 0.3 is 5.97 Å². The minimum Gasteiger partial charge on any atom is -0.469 e. The monoisotopic (exact) mass is 422 g/mol. The molecule has 0 aromatic heterocycles. The van der Waals surface area contributed by atoms with Crippen molar-refractivity contribution in [1.82, 2.24) is 0 Å². The SMILES string of the molecule is COC(=O)CCC/C=C\C[C@@H]1[C@@H](c2ccc(C(O)C(C)(C)C)cc2)[C@H](O)C[C@H]1Cl. The lowest BCUT2D eigenvalue weighted by molar-refractivity contribution is -0.140. The Hall–Kier alpha value is -1.36. The number of hydrogen-bond donors (Lipinski definition) is 2. The Bertz CT molecular complexity index is 677. The van der Waals surface area contributed by atoms with Crippen LogP contribution in [0.15, 0.2) is 36.4 Å². The highest BCUT2D eigenvalue weighted by molar-refractivity contribution is 6.21. The molecule has 1 aromatic rings. The Kier molecular flexibility index (Phi) is 8.74. The van der Waals surface area contributed by atoms with Gasteiger partial charge in [-0.15, -0.1) is 11.6 Å². The summed E-state index contributed by atoms with van der Waals surface area (Å²) in [4.78, 5) is 11.1. The van der Waals surface area contributed by atoms with Gasteiger partial charge in [0.2, 0.25) is 0 Å². The zero-order valence-corrected chi connectivity index (χ0v) is 18.7. The van der Waals surface area contributed by atoms with Crippen LogP contribution in [0.3, 0.4) is 0 Å². The number of carbonyl (C=O) groups excluding carboxylic acids is 1. The van der Waals surface area contributed by atoms with Crippen molar-refractivity contribution in [3.8, 4) is 0 Å². The average Bonchev–Trinajstić information content (AvgIpc) is 2.96. The molecule has 0 bridgehead atoms. The van der Waals surface area contributed by atoms with E-state index in [-0.39, 0.29) is 28.6 Å². The van der Waals surface area contributed by atoms with Crippen LogP contribution < -0.4 is 0 Å². The van der Waals surface area contributed by atoms with E-state index in [1.54, 1.807) is 0 Å². The van der Waals surface area contributed by atoms with E-state index in [1.807, 2.05) is 45.0 Å². The van der Waals surface area contributed by atoms with Crippen LogP contribution in [0, 0.1) is 11.3 Å². The van der Waals surface area contributed by atoms with Gasteiger partial charge in [-0.2, -0.15) is 0 Å². The number of ether oxygens (including phenoxy) is 1. The number of halogens is 1. The number of aliphatic hydroxyl groups excluding tert-OH is 2. The van der Waals surface area contributed by atoms with Crippen LogP contribution in [0.4, 0.5) is 0 Å². The molecule has 0 saturated heterocycles. The molecule has 162 valence electrons. The number of hydrogen-bond acceptors (Lipinski definition) is 4. The first-order chi connectivity index (χ1) is 13.6. The first-order valence-corrected chi connectivity index (χ1v) is 10.9. The van der Waals surface area contributed by atoms with Crippen LogP contribution in [-0.4, -0.2) is 34.8 Å². The molecule has 1 fully saturated rings. The smallest absolute Gasteiger partial charge is 0.305 e. The second-order valence-corrected chi connectivity index (χ2v) is 9.68. The van der Waals surface area contributed by atoms with Crippen LogP contribution in [0.25, 0.3) is 0 Å². The van der Waals surface area contributed by atoms with Crippen LogP contribution in [0.5, 0.6) is 0 Å². The van der Waals surface area contributed by atoms with E-state index in [9.17, 15) is 15.0 Å². The lowest BCUT2D eigenvalue weighted by Gasteiger charge is -2.27. The lowest BCUT2D eigenvalue weighted by Crippen LogP contribution is -2.20. The molecule has 0 aliphatic heterocycles. The van der Waals surface area contributed by atoms with E-state index in [0.717, 1.165) is 30.4 Å². The summed E-state index contributed by atoms with van der Waals surface area (Å²) in [7, 11) is 1.40. The van der Waals surface area contributed by atoms with Gasteiger partial charge in [0.25, 0.3) is 0 Å². The van der Waals surface area contributed by atoms with Crippen molar-refractivity contribution in [1.29, 1.82) is 0 Å². The first kappa shape index (κ1) is 23.9. The molecule has 0 heterocycles. The van der Waals surface area contributed by atoms with Gasteiger partial charge in [0, 0.05) is 17.7 Å². The second kappa shape index (κ2) is 10.6. The van der Waals surface area contributed by atoms with E-state index < -0.39 is 12.2 Å². The van der Waals surface area contributed by atoms with E-state index in [1.165, 1.54) is 7.11 Å². The number of unbranched alkanes of at least 4 members (excludes halogenated alkanes) is 1. The molecule has 1 saturated carbocycles. The van der Waals surface area contributed by atoms with E-state index in [4.69, 9.17) is 11.6 Å². The predicted octanol–water partition coefficient (Wildman–Crippen LogP) is 5.13. The molecule has 0 amide bonds. The summed E-state index contributed by atoms with van der Waals surface area (Å²) in [6, 6.07) is 7.94. The maximum atomic E-state index is 11.1. The molecule has 0 spiro atoms. The summed E-state index contributed by atoms with van der Waals surface area (Å²) in [5.41, 5.74) is 1.73. The summed E-state index contributed by atoms with van der Waals surface area (Å²) in [5, 5.41) is 21.0. The number of esters is 1. The molecule has 1 unspecified atom stereocenters. The molecular weight excluding hydrogens is 388 g/mol. The van der Waals surface area contributed by atoms with Crippen molar-refractivity contribution >= 4 is 17.6 Å². The topological polar surface area (TPSA) is 66.8 Å². The highest BCUT2D eigenvalue weighted by Gasteiger charge is 2.41. The van der Waals surface area contributed by atoms with Crippen molar-refractivity contribution in [2.45, 2.75) is 76.4 Å². The molecule has 2 rings (SSSR count). The number of benzene rings is 1. The first-order valence-electron chi connectivity index (χ1n) is 10.5. The van der Waals surface area contributed by atoms with Gasteiger partial charge in [0.1, 0.15) is 0 Å². The molecule has 1 aromatic carbocycles. The fourth-order valence-electron chi connectivity index (χ4n) is 4.06. The average molecular weight is 423 g/mol. The molecule has 2 N–H and O–H groups in total. The lowest BCUT2D eigenvalue weighted by atomic mass is 9.82. The predicted molar refractivity (Wildman–Crippen MR) is 117 cm³/mol. The fraction of sp³-hybridized carbons (Fsp3) is 0.625. The third-order valence-corrected chi connectivity index (χ3v) is 6.32. The van der Waals surface area contributed by atoms with Gasteiger partial charge in [-0.3, -0.25) is 4.79 Å². The van der Waals surface area contributed by atoms with E-state index in [2.05, 4.69) is 16.9 Å². The molecule has 1 aliphatic rings. The molecular formula is C24H35ClO4. The minimum atomic E-state index is -0.533. The number of methoxy groups -OCH3 is 1. The van der Waals surface area contributed by atoms with Gasteiger partial charge in [0.05, 0.1) is 19.3 Å². The quantitative estimate of drug-likeness (QED) is 0.264. The normalized spacial score (nSPS) is 26.0. The van der Waals surface area contributed by atoms with E-state index >= 15 is 0 Å². The highest BCUT2D eigenvalue weighted by atomic mass is 35.5. The van der Waals surface area contributed by atoms with Crippen molar-refractivity contribution in [2.75, 3.05) is 7.11 Å². The molecule has 0 radical (unpaired) electrons. The zero-order chi connectivity index (χ0) is 21.6. The maximum absolute atomic E-state index is 11.1. The third-order valence-electron chi connectivity index (χ3n) is 5.82. The Labute approximate surface area is 179 Å². The van der Waals surface area contributed by atoms with Crippen molar-refractivity contribution in [3.63, 3.8) is 0 Å². The van der Waals surface area contributed by atoms with Crippen molar-refractivity contribution < 1.29 is 19.7 Å². The number of aliphatic hydroxyl groups is 2. The standard InChI is InChI=1S/C24H35ClO4/c1-24(2,3)23(28)17-13-11-16(12-14-17)22-18(19(25)15-20(22)26)9-7-5-6-8-10-21(27)29-4/h5,7,11-14,18-20,22-23,26,28H,6,8-10,15H2,1-4H3/b7-5-/t18-,19+,20+,22+,23?/m0/s1. The molecule has 4 nitrogen and oxygen atoms in total. The van der Waals surface area contributed by atoms with Gasteiger partial charge in [-0.05, 0) is 48.1 Å². The van der Waals surface area contributed by atoms with Crippen LogP contribution >= 0.6 is 11.6 Å². The summed E-state index contributed by atoms with van der Waals surface area (Å²) in [6.45, 7) is 6.04. The van der Waals surface area contributed by atoms with Gasteiger partial charge < -0.3 is 14.9 Å². The van der Waals surface area contributed by atoms with Gasteiger partial charge in [-0.25, -0.2) is 0 Å².